The van der Waals surface area contributed by atoms with Crippen LogP contribution in [-0.2, 0) is 13.5 Å². The van der Waals surface area contributed by atoms with Crippen LogP contribution in [-0.4, -0.2) is 15.8 Å². The molecule has 0 saturated carbocycles. The lowest BCUT2D eigenvalue weighted by Crippen LogP contribution is -2.21. The minimum atomic E-state index is 0.490. The summed E-state index contributed by atoms with van der Waals surface area (Å²) in [6.45, 7) is 8.78. The van der Waals surface area contributed by atoms with E-state index in [0.717, 1.165) is 12.1 Å². The quantitative estimate of drug-likeness (QED) is 0.799. The summed E-state index contributed by atoms with van der Waals surface area (Å²) in [5.41, 5.74) is 2.33. The van der Waals surface area contributed by atoms with Crippen molar-refractivity contribution in [2.24, 2.45) is 13.0 Å². The molecular weight excluding hydrogens is 174 g/mol. The maximum absolute atomic E-state index is 4.40. The minimum Gasteiger partial charge on any atom is -0.380 e. The Bertz CT molecular complexity index is 289. The van der Waals surface area contributed by atoms with Crippen molar-refractivity contribution in [3.05, 3.63) is 11.9 Å². The third-order valence-corrected chi connectivity index (χ3v) is 2.62. The molecule has 0 spiro atoms. The van der Waals surface area contributed by atoms with Crippen molar-refractivity contribution in [1.82, 2.24) is 9.78 Å². The zero-order valence-corrected chi connectivity index (χ0v) is 9.83. The van der Waals surface area contributed by atoms with Crippen LogP contribution < -0.4 is 5.32 Å². The Morgan fingerprint density at radius 2 is 2.07 bits per heavy atom. The number of anilines is 1. The van der Waals surface area contributed by atoms with E-state index in [1.165, 1.54) is 5.69 Å². The van der Waals surface area contributed by atoms with Crippen molar-refractivity contribution in [3.8, 4) is 0 Å². The van der Waals surface area contributed by atoms with Crippen LogP contribution in [0, 0.1) is 5.92 Å². The largest absolute Gasteiger partial charge is 0.380 e. The average molecular weight is 195 g/mol. The van der Waals surface area contributed by atoms with Crippen LogP contribution in [0.3, 0.4) is 0 Å². The molecule has 1 unspecified atom stereocenters. The van der Waals surface area contributed by atoms with Crippen LogP contribution in [0.15, 0.2) is 6.20 Å². The molecule has 3 nitrogen and oxygen atoms in total. The maximum atomic E-state index is 4.40. The first-order valence-corrected chi connectivity index (χ1v) is 5.33. The highest BCUT2D eigenvalue weighted by Crippen LogP contribution is 2.17. The van der Waals surface area contributed by atoms with E-state index in [9.17, 15) is 0 Å². The van der Waals surface area contributed by atoms with Crippen molar-refractivity contribution in [2.45, 2.75) is 40.2 Å². The molecule has 1 heterocycles. The summed E-state index contributed by atoms with van der Waals surface area (Å²) in [7, 11) is 1.96. The molecule has 1 atom stereocenters. The van der Waals surface area contributed by atoms with Gasteiger partial charge in [0.2, 0.25) is 0 Å². The molecule has 1 N–H and O–H groups in total. The van der Waals surface area contributed by atoms with Crippen LogP contribution in [0.2, 0.25) is 0 Å². The first kappa shape index (κ1) is 11.1. The van der Waals surface area contributed by atoms with E-state index >= 15 is 0 Å². The third kappa shape index (κ3) is 2.50. The lowest BCUT2D eigenvalue weighted by Gasteiger charge is -2.18. The minimum absolute atomic E-state index is 0.490. The molecule has 0 aliphatic heterocycles. The summed E-state index contributed by atoms with van der Waals surface area (Å²) < 4.78 is 1.87. The molecule has 0 saturated heterocycles. The molecule has 1 rings (SSSR count). The summed E-state index contributed by atoms with van der Waals surface area (Å²) in [5.74, 6) is 0.639. The number of aryl methyl sites for hydroxylation is 2. The van der Waals surface area contributed by atoms with Gasteiger partial charge in [-0.05, 0) is 19.3 Å². The van der Waals surface area contributed by atoms with Gasteiger partial charge in [-0.15, -0.1) is 0 Å². The second-order valence-corrected chi connectivity index (χ2v) is 4.19. The highest BCUT2D eigenvalue weighted by atomic mass is 15.3. The monoisotopic (exact) mass is 195 g/mol. The Balaban J connectivity index is 2.74. The number of hydrogen-bond donors (Lipinski definition) is 1. The molecule has 0 aliphatic rings. The first-order chi connectivity index (χ1) is 6.54. The predicted molar refractivity (Wildman–Crippen MR) is 60.5 cm³/mol. The van der Waals surface area contributed by atoms with Gasteiger partial charge in [0.25, 0.3) is 0 Å². The molecule has 80 valence electrons. The number of hydrogen-bond acceptors (Lipinski definition) is 2. The van der Waals surface area contributed by atoms with Gasteiger partial charge in [0.15, 0.2) is 0 Å². The highest BCUT2D eigenvalue weighted by molar-refractivity contribution is 5.47. The summed E-state index contributed by atoms with van der Waals surface area (Å²) in [5, 5.41) is 7.89. The van der Waals surface area contributed by atoms with Gasteiger partial charge in [-0.2, -0.15) is 5.10 Å². The predicted octanol–water partition coefficient (Wildman–Crippen LogP) is 2.44. The molecule has 14 heavy (non-hydrogen) atoms. The van der Waals surface area contributed by atoms with E-state index in [1.807, 2.05) is 11.7 Å². The SMILES string of the molecule is CCc1nn(C)cc1NC(C)C(C)C. The number of rotatable bonds is 4. The third-order valence-electron chi connectivity index (χ3n) is 2.62. The fraction of sp³-hybridized carbons (Fsp3) is 0.727. The Morgan fingerprint density at radius 3 is 2.57 bits per heavy atom. The number of nitrogens with one attached hydrogen (secondary N) is 1. The van der Waals surface area contributed by atoms with Gasteiger partial charge in [-0.1, -0.05) is 20.8 Å². The van der Waals surface area contributed by atoms with Crippen LogP contribution in [0.25, 0.3) is 0 Å². The normalized spacial score (nSPS) is 13.3. The van der Waals surface area contributed by atoms with Gasteiger partial charge in [0.05, 0.1) is 11.4 Å². The maximum Gasteiger partial charge on any atom is 0.0853 e. The summed E-state index contributed by atoms with van der Waals surface area (Å²) >= 11 is 0. The van der Waals surface area contributed by atoms with E-state index < -0.39 is 0 Å². The van der Waals surface area contributed by atoms with E-state index in [4.69, 9.17) is 0 Å². The molecule has 3 heteroatoms. The lowest BCUT2D eigenvalue weighted by molar-refractivity contribution is 0.559. The first-order valence-electron chi connectivity index (χ1n) is 5.33. The fourth-order valence-electron chi connectivity index (χ4n) is 1.33. The van der Waals surface area contributed by atoms with Crippen LogP contribution in [0.4, 0.5) is 5.69 Å². The summed E-state index contributed by atoms with van der Waals surface area (Å²) in [4.78, 5) is 0. The van der Waals surface area contributed by atoms with E-state index in [1.54, 1.807) is 0 Å². The standard InChI is InChI=1S/C11H21N3/c1-6-10-11(7-14(5)13-10)12-9(4)8(2)3/h7-9,12H,6H2,1-5H3. The summed E-state index contributed by atoms with van der Waals surface area (Å²) in [6.07, 6.45) is 3.03. The van der Waals surface area contributed by atoms with E-state index in [0.29, 0.717) is 12.0 Å². The van der Waals surface area contributed by atoms with Gasteiger partial charge < -0.3 is 5.32 Å². The zero-order valence-electron chi connectivity index (χ0n) is 9.83. The Labute approximate surface area is 86.5 Å². The molecule has 0 aromatic carbocycles. The molecule has 0 bridgehead atoms. The molecule has 0 radical (unpaired) electrons. The van der Waals surface area contributed by atoms with Gasteiger partial charge in [-0.3, -0.25) is 4.68 Å². The van der Waals surface area contributed by atoms with Crippen LogP contribution >= 0.6 is 0 Å². The van der Waals surface area contributed by atoms with Crippen LogP contribution in [0.5, 0.6) is 0 Å². The van der Waals surface area contributed by atoms with E-state index in [2.05, 4.69) is 44.3 Å². The summed E-state index contributed by atoms with van der Waals surface area (Å²) in [6, 6.07) is 0.490. The molecular formula is C11H21N3. The highest BCUT2D eigenvalue weighted by Gasteiger charge is 2.11. The van der Waals surface area contributed by atoms with Gasteiger partial charge in [0, 0.05) is 19.3 Å². The number of nitrogens with zero attached hydrogens (tertiary/aromatic N) is 2. The molecule has 0 amide bonds. The molecule has 0 fully saturated rings. The fourth-order valence-corrected chi connectivity index (χ4v) is 1.33. The second kappa shape index (κ2) is 4.49. The van der Waals surface area contributed by atoms with Crippen molar-refractivity contribution in [3.63, 3.8) is 0 Å². The van der Waals surface area contributed by atoms with Crippen molar-refractivity contribution < 1.29 is 0 Å². The van der Waals surface area contributed by atoms with Gasteiger partial charge in [0.1, 0.15) is 0 Å². The topological polar surface area (TPSA) is 29.9 Å². The second-order valence-electron chi connectivity index (χ2n) is 4.19. The Morgan fingerprint density at radius 1 is 1.43 bits per heavy atom. The average Bonchev–Trinajstić information content (AvgIpc) is 2.45. The van der Waals surface area contributed by atoms with Crippen molar-refractivity contribution >= 4 is 5.69 Å². The van der Waals surface area contributed by atoms with Crippen LogP contribution in [0.1, 0.15) is 33.4 Å². The molecule has 1 aromatic heterocycles. The lowest BCUT2D eigenvalue weighted by atomic mass is 10.1. The van der Waals surface area contributed by atoms with Crippen molar-refractivity contribution in [1.29, 1.82) is 0 Å². The van der Waals surface area contributed by atoms with Gasteiger partial charge in [-0.25, -0.2) is 0 Å². The van der Waals surface area contributed by atoms with Crippen molar-refractivity contribution in [2.75, 3.05) is 5.32 Å². The zero-order chi connectivity index (χ0) is 10.7. The number of aromatic nitrogens is 2. The van der Waals surface area contributed by atoms with Gasteiger partial charge >= 0.3 is 0 Å². The molecule has 1 aromatic rings. The Kier molecular flexibility index (Phi) is 3.55. The Hall–Kier alpha value is -0.990. The smallest absolute Gasteiger partial charge is 0.0853 e. The molecule has 0 aliphatic carbocycles. The van der Waals surface area contributed by atoms with E-state index in [-0.39, 0.29) is 0 Å².